The third kappa shape index (κ3) is 2.79. The van der Waals surface area contributed by atoms with Crippen molar-refractivity contribution in [1.29, 1.82) is 0 Å². The minimum atomic E-state index is -0.986. The van der Waals surface area contributed by atoms with Crippen LogP contribution in [0.3, 0.4) is 0 Å². The summed E-state index contributed by atoms with van der Waals surface area (Å²) in [5, 5.41) is 10.2. The molecule has 2 fully saturated rings. The van der Waals surface area contributed by atoms with Gasteiger partial charge in [-0.1, -0.05) is 5.92 Å². The smallest absolute Gasteiger partial charge is 0.209 e. The Morgan fingerprint density at radius 3 is 2.64 bits per heavy atom. The fraction of sp³-hybridized carbons (Fsp3) is 0.350. The lowest BCUT2D eigenvalue weighted by Crippen LogP contribution is -2.34. The second-order valence-corrected chi connectivity index (χ2v) is 7.40. The number of nitrogens with zero attached hydrogens (tertiary/aromatic N) is 4. The van der Waals surface area contributed by atoms with E-state index >= 15 is 0 Å². The van der Waals surface area contributed by atoms with Gasteiger partial charge in [0, 0.05) is 6.04 Å². The topological polar surface area (TPSA) is 89.8 Å². The highest BCUT2D eigenvalue weighted by Gasteiger charge is 2.33. The molecule has 0 atom stereocenters. The summed E-state index contributed by atoms with van der Waals surface area (Å²) in [5.41, 5.74) is 5.91. The predicted octanol–water partition coefficient (Wildman–Crippen LogP) is 2.96. The average molecular weight is 381 g/mol. The standard InChI is InChI=1S/C20H17F2N5O/c21-11-2-5-14(22)13(10-11)18-26-16-17(23)24-15(6-9-20(28)7-1-8-20)25-19(16)27(18)12-3-4-12/h2,5,10,12,28H,1,3-4,7-8H2,(H2,23,24,25). The van der Waals surface area contributed by atoms with Crippen LogP contribution in [0.4, 0.5) is 14.6 Å². The van der Waals surface area contributed by atoms with Crippen LogP contribution in [0.1, 0.15) is 44.0 Å². The lowest BCUT2D eigenvalue weighted by molar-refractivity contribution is 0.0239. The van der Waals surface area contributed by atoms with Crippen molar-refractivity contribution in [3.63, 3.8) is 0 Å². The number of aliphatic hydroxyl groups is 1. The van der Waals surface area contributed by atoms with Crippen molar-refractivity contribution in [3.8, 4) is 23.2 Å². The number of fused-ring (bicyclic) bond motifs is 1. The number of imidazole rings is 1. The summed E-state index contributed by atoms with van der Waals surface area (Å²) in [6.07, 6.45) is 3.96. The van der Waals surface area contributed by atoms with E-state index in [9.17, 15) is 13.9 Å². The van der Waals surface area contributed by atoms with E-state index in [2.05, 4.69) is 26.8 Å². The van der Waals surface area contributed by atoms with Gasteiger partial charge in [-0.15, -0.1) is 0 Å². The normalized spacial score (nSPS) is 17.8. The Morgan fingerprint density at radius 2 is 1.96 bits per heavy atom. The van der Waals surface area contributed by atoms with Crippen LogP contribution in [0.5, 0.6) is 0 Å². The molecular weight excluding hydrogens is 364 g/mol. The maximum atomic E-state index is 14.4. The van der Waals surface area contributed by atoms with Gasteiger partial charge in [0.2, 0.25) is 5.82 Å². The molecule has 3 N–H and O–H groups in total. The molecule has 0 spiro atoms. The summed E-state index contributed by atoms with van der Waals surface area (Å²) in [6.45, 7) is 0. The van der Waals surface area contributed by atoms with Gasteiger partial charge in [-0.05, 0) is 56.2 Å². The van der Waals surface area contributed by atoms with E-state index in [-0.39, 0.29) is 29.1 Å². The van der Waals surface area contributed by atoms with Gasteiger partial charge in [-0.25, -0.2) is 23.7 Å². The molecular formula is C20H17F2N5O. The van der Waals surface area contributed by atoms with Crippen molar-refractivity contribution in [2.75, 3.05) is 5.73 Å². The first kappa shape index (κ1) is 17.1. The molecule has 0 radical (unpaired) electrons. The number of nitrogen functional groups attached to an aromatic ring is 1. The number of hydrogen-bond donors (Lipinski definition) is 2. The van der Waals surface area contributed by atoms with Crippen molar-refractivity contribution >= 4 is 17.0 Å². The molecule has 142 valence electrons. The van der Waals surface area contributed by atoms with E-state index in [1.54, 1.807) is 4.57 Å². The molecule has 6 nitrogen and oxygen atoms in total. The Hall–Kier alpha value is -3.05. The molecule has 2 aliphatic carbocycles. The third-order valence-corrected chi connectivity index (χ3v) is 5.24. The van der Waals surface area contributed by atoms with Crippen molar-refractivity contribution in [2.45, 2.75) is 43.7 Å². The zero-order valence-corrected chi connectivity index (χ0v) is 14.9. The zero-order chi connectivity index (χ0) is 19.5. The predicted molar refractivity (Wildman–Crippen MR) is 99.0 cm³/mol. The number of rotatable bonds is 2. The first-order valence-electron chi connectivity index (χ1n) is 9.20. The van der Waals surface area contributed by atoms with Crippen LogP contribution in [-0.2, 0) is 0 Å². The average Bonchev–Trinajstić information content (AvgIpc) is 3.40. The van der Waals surface area contributed by atoms with Crippen LogP contribution in [0, 0.1) is 23.5 Å². The molecule has 0 bridgehead atoms. The summed E-state index contributed by atoms with van der Waals surface area (Å²) in [7, 11) is 0. The van der Waals surface area contributed by atoms with Crippen molar-refractivity contribution in [3.05, 3.63) is 35.7 Å². The number of benzene rings is 1. The van der Waals surface area contributed by atoms with E-state index in [0.717, 1.165) is 37.5 Å². The SMILES string of the molecule is Nc1nc(C#CC2(O)CCC2)nc2c1nc(-c1cc(F)ccc1F)n2C1CC1. The van der Waals surface area contributed by atoms with Crippen LogP contribution in [-0.4, -0.2) is 30.2 Å². The van der Waals surface area contributed by atoms with E-state index in [4.69, 9.17) is 5.73 Å². The Balaban J connectivity index is 1.70. The second kappa shape index (κ2) is 5.97. The summed E-state index contributed by atoms with van der Waals surface area (Å²) in [5.74, 6) is 5.06. The van der Waals surface area contributed by atoms with Crippen molar-refractivity contribution < 1.29 is 13.9 Å². The van der Waals surface area contributed by atoms with E-state index in [1.165, 1.54) is 0 Å². The van der Waals surface area contributed by atoms with Gasteiger partial charge in [0.15, 0.2) is 17.0 Å². The molecule has 2 saturated carbocycles. The molecule has 2 heterocycles. The largest absolute Gasteiger partial charge is 0.382 e. The monoisotopic (exact) mass is 381 g/mol. The van der Waals surface area contributed by atoms with Crippen LogP contribution < -0.4 is 5.73 Å². The lowest BCUT2D eigenvalue weighted by Gasteiger charge is -2.30. The van der Waals surface area contributed by atoms with Crippen LogP contribution >= 0.6 is 0 Å². The van der Waals surface area contributed by atoms with Gasteiger partial charge >= 0.3 is 0 Å². The molecule has 3 aromatic rings. The highest BCUT2D eigenvalue weighted by atomic mass is 19.1. The van der Waals surface area contributed by atoms with E-state index in [0.29, 0.717) is 24.0 Å². The zero-order valence-electron chi connectivity index (χ0n) is 14.9. The van der Waals surface area contributed by atoms with Crippen molar-refractivity contribution in [2.24, 2.45) is 0 Å². The van der Waals surface area contributed by atoms with Crippen LogP contribution in [0.25, 0.3) is 22.6 Å². The minimum absolute atomic E-state index is 0.0562. The number of nitrogens with two attached hydrogens (primary N) is 1. The summed E-state index contributed by atoms with van der Waals surface area (Å²) < 4.78 is 29.9. The van der Waals surface area contributed by atoms with E-state index in [1.807, 2.05) is 0 Å². The summed E-state index contributed by atoms with van der Waals surface area (Å²) in [6, 6.07) is 3.35. The first-order valence-corrected chi connectivity index (χ1v) is 9.20. The molecule has 0 unspecified atom stereocenters. The molecule has 8 heteroatoms. The Morgan fingerprint density at radius 1 is 1.18 bits per heavy atom. The van der Waals surface area contributed by atoms with Crippen LogP contribution in [0.15, 0.2) is 18.2 Å². The van der Waals surface area contributed by atoms with Gasteiger partial charge in [0.05, 0.1) is 5.56 Å². The highest BCUT2D eigenvalue weighted by molar-refractivity contribution is 5.86. The fourth-order valence-corrected chi connectivity index (χ4v) is 3.40. The highest BCUT2D eigenvalue weighted by Crippen LogP contribution is 2.42. The van der Waals surface area contributed by atoms with Gasteiger partial charge < -0.3 is 15.4 Å². The van der Waals surface area contributed by atoms with E-state index < -0.39 is 17.2 Å². The number of aromatic nitrogens is 4. The fourth-order valence-electron chi connectivity index (χ4n) is 3.40. The molecule has 28 heavy (non-hydrogen) atoms. The van der Waals surface area contributed by atoms with Crippen molar-refractivity contribution in [1.82, 2.24) is 19.5 Å². The maximum absolute atomic E-state index is 14.4. The molecule has 0 amide bonds. The first-order chi connectivity index (χ1) is 13.4. The molecule has 2 aliphatic rings. The second-order valence-electron chi connectivity index (χ2n) is 7.40. The van der Waals surface area contributed by atoms with Gasteiger partial charge in [0.1, 0.15) is 23.1 Å². The Labute approximate surface area is 159 Å². The maximum Gasteiger partial charge on any atom is 0.209 e. The van der Waals surface area contributed by atoms with Crippen LogP contribution in [0.2, 0.25) is 0 Å². The molecule has 0 saturated heterocycles. The third-order valence-electron chi connectivity index (χ3n) is 5.24. The minimum Gasteiger partial charge on any atom is -0.382 e. The van der Waals surface area contributed by atoms with Gasteiger partial charge in [-0.3, -0.25) is 0 Å². The number of anilines is 1. The number of hydrogen-bond acceptors (Lipinski definition) is 5. The molecule has 1 aromatic carbocycles. The lowest BCUT2D eigenvalue weighted by atomic mass is 9.81. The molecule has 0 aliphatic heterocycles. The summed E-state index contributed by atoms with van der Waals surface area (Å²) in [4.78, 5) is 13.1. The Kier molecular flexibility index (Phi) is 3.64. The van der Waals surface area contributed by atoms with Gasteiger partial charge in [-0.2, -0.15) is 0 Å². The molecule has 5 rings (SSSR count). The molecule has 2 aromatic heterocycles. The van der Waals surface area contributed by atoms with Gasteiger partial charge in [0.25, 0.3) is 0 Å². The summed E-state index contributed by atoms with van der Waals surface area (Å²) >= 11 is 0. The Bertz CT molecular complexity index is 1170. The number of halogens is 2. The quantitative estimate of drug-likeness (QED) is 0.666.